The van der Waals surface area contributed by atoms with Crippen LogP contribution in [0.2, 0.25) is 0 Å². The van der Waals surface area contributed by atoms with Gasteiger partial charge in [-0.05, 0) is 31.5 Å². The molecule has 0 spiro atoms. The Hall–Kier alpha value is -2.04. The molecule has 0 aliphatic rings. The van der Waals surface area contributed by atoms with Crippen molar-refractivity contribution in [3.05, 3.63) is 29.8 Å². The molecule has 0 heterocycles. The largest absolute Gasteiger partial charge is 0.491 e. The average Bonchev–Trinajstić information content (AvgIpc) is 2.38. The molecule has 1 aromatic carbocycles. The van der Waals surface area contributed by atoms with Crippen molar-refractivity contribution in [3.8, 4) is 5.75 Å². The zero-order valence-electron chi connectivity index (χ0n) is 11.5. The molecule has 0 radical (unpaired) electrons. The summed E-state index contributed by atoms with van der Waals surface area (Å²) in [6.07, 6.45) is 0.00459. The van der Waals surface area contributed by atoms with E-state index in [0.717, 1.165) is 0 Å². The number of carbonyl (C=O) groups excluding carboxylic acids is 2. The van der Waals surface area contributed by atoms with E-state index in [4.69, 9.17) is 4.74 Å². The van der Waals surface area contributed by atoms with Crippen LogP contribution < -0.4 is 4.74 Å². The molecule has 0 N–H and O–H groups in total. The van der Waals surface area contributed by atoms with Crippen molar-refractivity contribution in [2.45, 2.75) is 25.9 Å². The van der Waals surface area contributed by atoms with E-state index in [0.29, 0.717) is 11.3 Å². The summed E-state index contributed by atoms with van der Waals surface area (Å²) in [5, 5.41) is 0. The Labute approximate surface area is 112 Å². The molecule has 0 aliphatic carbocycles. The van der Waals surface area contributed by atoms with E-state index in [1.807, 2.05) is 13.8 Å². The lowest BCUT2D eigenvalue weighted by atomic mass is 9.99. The number of hydrogen-bond donors (Lipinski definition) is 0. The van der Waals surface area contributed by atoms with Gasteiger partial charge >= 0.3 is 11.9 Å². The third kappa shape index (κ3) is 3.98. The second-order valence-corrected chi connectivity index (χ2v) is 4.22. The Morgan fingerprint density at radius 2 is 1.63 bits per heavy atom. The SMILES string of the molecule is COC(=O)C(C(=O)OC)c1cccc(OC(C)C)c1. The van der Waals surface area contributed by atoms with Crippen molar-refractivity contribution in [3.63, 3.8) is 0 Å². The van der Waals surface area contributed by atoms with Crippen molar-refractivity contribution < 1.29 is 23.8 Å². The van der Waals surface area contributed by atoms with Crippen LogP contribution >= 0.6 is 0 Å². The molecule has 0 fully saturated rings. The summed E-state index contributed by atoms with van der Waals surface area (Å²) in [6.45, 7) is 3.79. The summed E-state index contributed by atoms with van der Waals surface area (Å²) in [4.78, 5) is 23.4. The molecule has 0 bridgehead atoms. The van der Waals surface area contributed by atoms with Crippen LogP contribution in [0.3, 0.4) is 0 Å². The first kappa shape index (κ1) is 15.0. The van der Waals surface area contributed by atoms with Gasteiger partial charge in [-0.3, -0.25) is 9.59 Å². The first-order valence-corrected chi connectivity index (χ1v) is 5.91. The highest BCUT2D eigenvalue weighted by Gasteiger charge is 2.30. The molecule has 104 valence electrons. The van der Waals surface area contributed by atoms with Crippen molar-refractivity contribution in [2.24, 2.45) is 0 Å². The van der Waals surface area contributed by atoms with E-state index in [-0.39, 0.29) is 6.10 Å². The maximum Gasteiger partial charge on any atom is 0.324 e. The number of carbonyl (C=O) groups is 2. The zero-order chi connectivity index (χ0) is 14.4. The molecule has 19 heavy (non-hydrogen) atoms. The molecule has 0 aromatic heterocycles. The lowest BCUT2D eigenvalue weighted by Gasteiger charge is -2.15. The van der Waals surface area contributed by atoms with Gasteiger partial charge in [-0.2, -0.15) is 0 Å². The third-order valence-corrected chi connectivity index (χ3v) is 2.44. The standard InChI is InChI=1S/C14H18O5/c1-9(2)19-11-7-5-6-10(8-11)12(13(15)17-3)14(16)18-4/h5-9,12H,1-4H3. The van der Waals surface area contributed by atoms with Gasteiger partial charge < -0.3 is 14.2 Å². The lowest BCUT2D eigenvalue weighted by Crippen LogP contribution is -2.24. The smallest absolute Gasteiger partial charge is 0.324 e. The predicted octanol–water partition coefficient (Wildman–Crippen LogP) is 1.90. The molecule has 0 aliphatic heterocycles. The van der Waals surface area contributed by atoms with Gasteiger partial charge in [0.05, 0.1) is 20.3 Å². The molecule has 0 amide bonds. The molecule has 5 heteroatoms. The van der Waals surface area contributed by atoms with Gasteiger partial charge in [-0.1, -0.05) is 12.1 Å². The summed E-state index contributed by atoms with van der Waals surface area (Å²) < 4.78 is 14.8. The van der Waals surface area contributed by atoms with Crippen LogP contribution in [0.25, 0.3) is 0 Å². The number of esters is 2. The maximum atomic E-state index is 11.7. The van der Waals surface area contributed by atoms with Crippen molar-refractivity contribution >= 4 is 11.9 Å². The highest BCUT2D eigenvalue weighted by molar-refractivity contribution is 6.00. The minimum atomic E-state index is -1.09. The number of ether oxygens (including phenoxy) is 3. The molecular formula is C14H18O5. The van der Waals surface area contributed by atoms with Crippen LogP contribution in [-0.4, -0.2) is 32.3 Å². The number of benzene rings is 1. The number of hydrogen-bond acceptors (Lipinski definition) is 5. The fourth-order valence-corrected chi connectivity index (χ4v) is 1.64. The van der Waals surface area contributed by atoms with Crippen LogP contribution in [0.15, 0.2) is 24.3 Å². The van der Waals surface area contributed by atoms with Gasteiger partial charge in [-0.25, -0.2) is 0 Å². The first-order chi connectivity index (χ1) is 8.99. The second-order valence-electron chi connectivity index (χ2n) is 4.22. The van der Waals surface area contributed by atoms with Gasteiger partial charge in [-0.15, -0.1) is 0 Å². The Morgan fingerprint density at radius 3 is 2.11 bits per heavy atom. The third-order valence-electron chi connectivity index (χ3n) is 2.44. The normalized spacial score (nSPS) is 10.4. The molecule has 1 rings (SSSR count). The van der Waals surface area contributed by atoms with E-state index in [2.05, 4.69) is 9.47 Å². The summed E-state index contributed by atoms with van der Waals surface area (Å²) in [5.74, 6) is -1.82. The van der Waals surface area contributed by atoms with Crippen LogP contribution in [0.5, 0.6) is 5.75 Å². The Morgan fingerprint density at radius 1 is 1.05 bits per heavy atom. The Kier molecular flexibility index (Phi) is 5.36. The molecule has 1 aromatic rings. The molecule has 0 saturated carbocycles. The van der Waals surface area contributed by atoms with Gasteiger partial charge in [0, 0.05) is 0 Å². The van der Waals surface area contributed by atoms with Gasteiger partial charge in [0.25, 0.3) is 0 Å². The zero-order valence-corrected chi connectivity index (χ0v) is 11.5. The van der Waals surface area contributed by atoms with Crippen molar-refractivity contribution in [1.29, 1.82) is 0 Å². The first-order valence-electron chi connectivity index (χ1n) is 5.91. The molecule has 0 saturated heterocycles. The molecule has 5 nitrogen and oxygen atoms in total. The van der Waals surface area contributed by atoms with Crippen LogP contribution in [0.4, 0.5) is 0 Å². The summed E-state index contributed by atoms with van der Waals surface area (Å²) in [7, 11) is 2.46. The van der Waals surface area contributed by atoms with E-state index >= 15 is 0 Å². The number of methoxy groups -OCH3 is 2. The average molecular weight is 266 g/mol. The predicted molar refractivity (Wildman–Crippen MR) is 69.0 cm³/mol. The minimum absolute atomic E-state index is 0.00459. The van der Waals surface area contributed by atoms with Gasteiger partial charge in [0.15, 0.2) is 5.92 Å². The quantitative estimate of drug-likeness (QED) is 0.601. The highest BCUT2D eigenvalue weighted by Crippen LogP contribution is 2.24. The van der Waals surface area contributed by atoms with E-state index < -0.39 is 17.9 Å². The topological polar surface area (TPSA) is 61.8 Å². The van der Waals surface area contributed by atoms with E-state index in [1.54, 1.807) is 24.3 Å². The second kappa shape index (κ2) is 6.78. The molecule has 0 unspecified atom stereocenters. The number of rotatable bonds is 5. The van der Waals surface area contributed by atoms with Crippen molar-refractivity contribution in [2.75, 3.05) is 14.2 Å². The summed E-state index contributed by atoms with van der Waals surface area (Å²) in [6, 6.07) is 6.77. The fourth-order valence-electron chi connectivity index (χ4n) is 1.64. The minimum Gasteiger partial charge on any atom is -0.491 e. The van der Waals surface area contributed by atoms with Crippen LogP contribution in [-0.2, 0) is 19.1 Å². The van der Waals surface area contributed by atoms with Crippen LogP contribution in [0.1, 0.15) is 25.3 Å². The maximum absolute atomic E-state index is 11.7. The molecular weight excluding hydrogens is 248 g/mol. The van der Waals surface area contributed by atoms with E-state index in [1.165, 1.54) is 14.2 Å². The lowest BCUT2D eigenvalue weighted by molar-refractivity contribution is -0.154. The van der Waals surface area contributed by atoms with Crippen molar-refractivity contribution in [1.82, 2.24) is 0 Å². The fraction of sp³-hybridized carbons (Fsp3) is 0.429. The summed E-state index contributed by atoms with van der Waals surface area (Å²) in [5.41, 5.74) is 0.483. The summed E-state index contributed by atoms with van der Waals surface area (Å²) >= 11 is 0. The van der Waals surface area contributed by atoms with Crippen LogP contribution in [0, 0.1) is 0 Å². The Balaban J connectivity index is 3.08. The van der Waals surface area contributed by atoms with Gasteiger partial charge in [0.1, 0.15) is 5.75 Å². The Bertz CT molecular complexity index is 437. The molecule has 0 atom stereocenters. The van der Waals surface area contributed by atoms with Gasteiger partial charge in [0.2, 0.25) is 0 Å². The highest BCUT2D eigenvalue weighted by atomic mass is 16.5. The van der Waals surface area contributed by atoms with E-state index in [9.17, 15) is 9.59 Å². The monoisotopic (exact) mass is 266 g/mol.